The smallest absolute Gasteiger partial charge is 0.373 e. The third kappa shape index (κ3) is 3.65. The van der Waals surface area contributed by atoms with Crippen LogP contribution in [-0.4, -0.2) is 29.8 Å². The van der Waals surface area contributed by atoms with Crippen molar-refractivity contribution in [2.75, 3.05) is 0 Å². The molecule has 1 rings (SSSR count). The molecular weight excluding hydrogens is 216 g/mol. The van der Waals surface area contributed by atoms with Crippen molar-refractivity contribution in [3.8, 4) is 0 Å². The van der Waals surface area contributed by atoms with Gasteiger partial charge in [0, 0.05) is 11.1 Å². The first-order chi connectivity index (χ1) is 7.60. The standard InChI is InChI=1S/C9H6O4.CO2/c10-4-6-1-2-7(5-11)8(3-6)9(12)13;2-1-3/h1-5H,(H,12,13);. The van der Waals surface area contributed by atoms with Crippen LogP contribution in [0.1, 0.15) is 31.1 Å². The molecule has 82 valence electrons. The zero-order chi connectivity index (χ0) is 12.6. The highest BCUT2D eigenvalue weighted by molar-refractivity contribution is 5.98. The summed E-state index contributed by atoms with van der Waals surface area (Å²) in [5, 5.41) is 8.64. The molecule has 0 aromatic heterocycles. The van der Waals surface area contributed by atoms with Crippen LogP contribution in [0.25, 0.3) is 0 Å². The van der Waals surface area contributed by atoms with Crippen LogP contribution in [0.3, 0.4) is 0 Å². The van der Waals surface area contributed by atoms with E-state index in [4.69, 9.17) is 14.7 Å². The largest absolute Gasteiger partial charge is 0.478 e. The first-order valence-electron chi connectivity index (χ1n) is 3.87. The Morgan fingerprint density at radius 3 is 2.12 bits per heavy atom. The fraction of sp³-hybridized carbons (Fsp3) is 0. The lowest BCUT2D eigenvalue weighted by Crippen LogP contribution is -2.02. The summed E-state index contributed by atoms with van der Waals surface area (Å²) >= 11 is 0. The summed E-state index contributed by atoms with van der Waals surface area (Å²) in [5.41, 5.74) is 0.153. The van der Waals surface area contributed by atoms with Gasteiger partial charge in [0.05, 0.1) is 5.56 Å². The summed E-state index contributed by atoms with van der Waals surface area (Å²) in [6.45, 7) is 0. The number of hydrogen-bond donors (Lipinski definition) is 1. The molecule has 6 nitrogen and oxygen atoms in total. The molecule has 1 aromatic carbocycles. The molecule has 0 atom stereocenters. The maximum atomic E-state index is 10.6. The van der Waals surface area contributed by atoms with Gasteiger partial charge in [-0.3, -0.25) is 9.59 Å². The number of aldehydes is 2. The number of carboxylic acid groups (broad SMARTS) is 1. The molecule has 0 aliphatic rings. The summed E-state index contributed by atoms with van der Waals surface area (Å²) in [5.74, 6) is -1.22. The molecule has 16 heavy (non-hydrogen) atoms. The topological polar surface area (TPSA) is 106 Å². The zero-order valence-electron chi connectivity index (χ0n) is 7.88. The van der Waals surface area contributed by atoms with Crippen molar-refractivity contribution in [2.45, 2.75) is 0 Å². The second kappa shape index (κ2) is 6.80. The maximum Gasteiger partial charge on any atom is 0.373 e. The van der Waals surface area contributed by atoms with Gasteiger partial charge in [-0.25, -0.2) is 4.79 Å². The highest BCUT2D eigenvalue weighted by Crippen LogP contribution is 2.08. The van der Waals surface area contributed by atoms with Gasteiger partial charge in [0.1, 0.15) is 6.29 Å². The van der Waals surface area contributed by atoms with Crippen molar-refractivity contribution in [1.82, 2.24) is 0 Å². The molecule has 0 bridgehead atoms. The summed E-state index contributed by atoms with van der Waals surface area (Å²) in [7, 11) is 0. The van der Waals surface area contributed by atoms with Gasteiger partial charge in [0.15, 0.2) is 6.29 Å². The van der Waals surface area contributed by atoms with Crippen molar-refractivity contribution >= 4 is 24.7 Å². The number of rotatable bonds is 3. The number of carboxylic acids is 1. The van der Waals surface area contributed by atoms with E-state index < -0.39 is 5.97 Å². The molecule has 0 heterocycles. The highest BCUT2D eigenvalue weighted by Gasteiger charge is 2.09. The molecule has 6 heteroatoms. The fourth-order valence-electron chi connectivity index (χ4n) is 0.935. The lowest BCUT2D eigenvalue weighted by molar-refractivity contribution is -0.191. The lowest BCUT2D eigenvalue weighted by Gasteiger charge is -1.98. The monoisotopic (exact) mass is 222 g/mol. The van der Waals surface area contributed by atoms with Crippen molar-refractivity contribution in [1.29, 1.82) is 0 Å². The molecule has 0 fully saturated rings. The maximum absolute atomic E-state index is 10.6. The number of carbonyl (C=O) groups excluding carboxylic acids is 4. The Kier molecular flexibility index (Phi) is 5.70. The molecule has 0 spiro atoms. The van der Waals surface area contributed by atoms with Gasteiger partial charge in [-0.2, -0.15) is 9.59 Å². The number of benzene rings is 1. The van der Waals surface area contributed by atoms with Crippen LogP contribution in [0.2, 0.25) is 0 Å². The fourth-order valence-corrected chi connectivity index (χ4v) is 0.935. The Hall–Kier alpha value is -2.59. The normalized spacial score (nSPS) is 8.00. The van der Waals surface area contributed by atoms with E-state index in [-0.39, 0.29) is 22.8 Å². The predicted octanol–water partition coefficient (Wildman–Crippen LogP) is 0.426. The molecule has 0 aliphatic heterocycles. The van der Waals surface area contributed by atoms with E-state index in [1.165, 1.54) is 18.2 Å². The van der Waals surface area contributed by atoms with Crippen LogP contribution < -0.4 is 0 Å². The van der Waals surface area contributed by atoms with Crippen molar-refractivity contribution in [3.63, 3.8) is 0 Å². The van der Waals surface area contributed by atoms with E-state index in [1.54, 1.807) is 0 Å². The molecule has 0 amide bonds. The van der Waals surface area contributed by atoms with Gasteiger partial charge in [-0.05, 0) is 6.07 Å². The summed E-state index contributed by atoms with van der Waals surface area (Å²) in [4.78, 5) is 47.5. The van der Waals surface area contributed by atoms with Crippen LogP contribution >= 0.6 is 0 Å². The van der Waals surface area contributed by atoms with E-state index in [0.29, 0.717) is 12.6 Å². The number of hydrogen-bond acceptors (Lipinski definition) is 5. The van der Waals surface area contributed by atoms with Crippen LogP contribution in [-0.2, 0) is 9.59 Å². The predicted molar refractivity (Wildman–Crippen MR) is 49.2 cm³/mol. The van der Waals surface area contributed by atoms with Gasteiger partial charge in [-0.1, -0.05) is 12.1 Å². The minimum absolute atomic E-state index is 0.0677. The van der Waals surface area contributed by atoms with Crippen molar-refractivity contribution in [3.05, 3.63) is 34.9 Å². The minimum atomic E-state index is -1.22. The summed E-state index contributed by atoms with van der Waals surface area (Å²) < 4.78 is 0. The number of carbonyl (C=O) groups is 3. The second-order valence-corrected chi connectivity index (χ2v) is 2.47. The minimum Gasteiger partial charge on any atom is -0.478 e. The van der Waals surface area contributed by atoms with Crippen LogP contribution in [0.4, 0.5) is 0 Å². The molecule has 1 aromatic rings. The van der Waals surface area contributed by atoms with Crippen LogP contribution in [0, 0.1) is 0 Å². The van der Waals surface area contributed by atoms with Gasteiger partial charge < -0.3 is 5.11 Å². The van der Waals surface area contributed by atoms with E-state index in [2.05, 4.69) is 0 Å². The molecule has 0 saturated carbocycles. The first kappa shape index (κ1) is 13.4. The van der Waals surface area contributed by atoms with E-state index >= 15 is 0 Å². The number of aromatic carboxylic acids is 1. The highest BCUT2D eigenvalue weighted by atomic mass is 16.4. The Labute approximate surface area is 89.5 Å². The summed E-state index contributed by atoms with van der Waals surface area (Å²) in [6, 6.07) is 3.86. The lowest BCUT2D eigenvalue weighted by atomic mass is 10.1. The molecule has 0 aliphatic carbocycles. The SMILES string of the molecule is O=C=O.O=Cc1ccc(C=O)c(C(=O)O)c1. The van der Waals surface area contributed by atoms with Gasteiger partial charge in [0.2, 0.25) is 0 Å². The molecule has 0 unspecified atom stereocenters. The Bertz CT molecular complexity index is 443. The van der Waals surface area contributed by atoms with E-state index in [0.717, 1.165) is 0 Å². The third-order valence-electron chi connectivity index (χ3n) is 1.57. The Morgan fingerprint density at radius 1 is 1.19 bits per heavy atom. The van der Waals surface area contributed by atoms with E-state index in [9.17, 15) is 14.4 Å². The molecule has 0 radical (unpaired) electrons. The molecule has 1 N–H and O–H groups in total. The zero-order valence-corrected chi connectivity index (χ0v) is 7.88. The van der Waals surface area contributed by atoms with Gasteiger partial charge >= 0.3 is 12.1 Å². The van der Waals surface area contributed by atoms with Crippen molar-refractivity contribution in [2.24, 2.45) is 0 Å². The second-order valence-electron chi connectivity index (χ2n) is 2.47. The van der Waals surface area contributed by atoms with Gasteiger partial charge in [0.25, 0.3) is 0 Å². The molecule has 0 saturated heterocycles. The van der Waals surface area contributed by atoms with Gasteiger partial charge in [-0.15, -0.1) is 0 Å². The summed E-state index contributed by atoms with van der Waals surface area (Å²) in [6.07, 6.45) is 1.22. The quantitative estimate of drug-likeness (QED) is 0.743. The van der Waals surface area contributed by atoms with Crippen LogP contribution in [0.15, 0.2) is 18.2 Å². The van der Waals surface area contributed by atoms with Crippen molar-refractivity contribution < 1.29 is 29.1 Å². The van der Waals surface area contributed by atoms with E-state index in [1.807, 2.05) is 0 Å². The molecular formula is C10H6O6. The Balaban J connectivity index is 0.000000673. The first-order valence-corrected chi connectivity index (χ1v) is 3.87. The average Bonchev–Trinajstić information content (AvgIpc) is 2.29. The average molecular weight is 222 g/mol. The Morgan fingerprint density at radius 2 is 1.75 bits per heavy atom. The van der Waals surface area contributed by atoms with Crippen LogP contribution in [0.5, 0.6) is 0 Å². The third-order valence-corrected chi connectivity index (χ3v) is 1.57.